The van der Waals surface area contributed by atoms with Crippen LogP contribution in [-0.2, 0) is 26.8 Å². The van der Waals surface area contributed by atoms with Crippen LogP contribution in [0.5, 0.6) is 0 Å². The van der Waals surface area contributed by atoms with E-state index < -0.39 is 16.0 Å². The van der Waals surface area contributed by atoms with Gasteiger partial charge < -0.3 is 10.3 Å². The second-order valence-corrected chi connectivity index (χ2v) is 11.7. The molecule has 4 bridgehead atoms. The van der Waals surface area contributed by atoms with Crippen LogP contribution < -0.4 is 11.1 Å². The summed E-state index contributed by atoms with van der Waals surface area (Å²) in [6, 6.07) is 14.4. The zero-order chi connectivity index (χ0) is 22.5. The molecule has 32 heavy (non-hydrogen) atoms. The van der Waals surface area contributed by atoms with Crippen LogP contribution >= 0.6 is 0 Å². The maximum Gasteiger partial charge on any atom is 0.253 e. The number of carbonyl (C=O) groups excluding carboxylic acids is 1. The van der Waals surface area contributed by atoms with Gasteiger partial charge in [-0.25, -0.2) is 8.42 Å². The molecular formula is C24H30N4O3S. The molecule has 4 aliphatic carbocycles. The summed E-state index contributed by atoms with van der Waals surface area (Å²) in [5, 5.41) is 2.44. The predicted molar refractivity (Wildman–Crippen MR) is 124 cm³/mol. The third kappa shape index (κ3) is 4.08. The van der Waals surface area contributed by atoms with Crippen molar-refractivity contribution in [2.24, 2.45) is 27.9 Å². The standard InChI is InChI=1S/C24H30N4O3S/c1-32(30,31)27-23(25)26-22(29)15-28-20(19-5-3-2-4-6-19)7-8-21(28)24-12-16-9-17(13-24)11-18(10-16)14-24/h2-8,16-18H,9-15H2,1H3,(H3,25,26,27,29). The summed E-state index contributed by atoms with van der Waals surface area (Å²) in [7, 11) is -3.68. The lowest BCUT2D eigenvalue weighted by molar-refractivity contribution is -0.120. The molecule has 6 rings (SSSR count). The van der Waals surface area contributed by atoms with Crippen molar-refractivity contribution in [3.05, 3.63) is 48.2 Å². The first-order valence-electron chi connectivity index (χ1n) is 11.3. The number of aromatic nitrogens is 1. The number of nitrogens with two attached hydrogens (primary N) is 1. The maximum absolute atomic E-state index is 12.9. The Morgan fingerprint density at radius 2 is 1.66 bits per heavy atom. The molecule has 0 aliphatic heterocycles. The van der Waals surface area contributed by atoms with Crippen molar-refractivity contribution in [2.45, 2.75) is 50.5 Å². The quantitative estimate of drug-likeness (QED) is 0.535. The van der Waals surface area contributed by atoms with Crippen LogP contribution in [0.25, 0.3) is 11.3 Å². The Hall–Kier alpha value is -2.61. The number of rotatable bonds is 5. The zero-order valence-corrected chi connectivity index (χ0v) is 19.1. The van der Waals surface area contributed by atoms with Gasteiger partial charge in [-0.15, -0.1) is 4.40 Å². The van der Waals surface area contributed by atoms with E-state index in [1.54, 1.807) is 0 Å². The monoisotopic (exact) mass is 454 g/mol. The Kier molecular flexibility index (Phi) is 5.15. The molecule has 0 atom stereocenters. The molecule has 7 nitrogen and oxygen atoms in total. The number of hydrogen-bond donors (Lipinski definition) is 2. The van der Waals surface area contributed by atoms with Crippen molar-refractivity contribution < 1.29 is 13.2 Å². The Morgan fingerprint density at radius 1 is 1.06 bits per heavy atom. The molecule has 1 aromatic heterocycles. The number of nitrogens with zero attached hydrogens (tertiary/aromatic N) is 2. The summed E-state index contributed by atoms with van der Waals surface area (Å²) < 4.78 is 28.2. The van der Waals surface area contributed by atoms with E-state index in [4.69, 9.17) is 5.73 Å². The summed E-state index contributed by atoms with van der Waals surface area (Å²) in [6.07, 6.45) is 8.57. The van der Waals surface area contributed by atoms with E-state index in [0.717, 1.165) is 35.3 Å². The van der Waals surface area contributed by atoms with Gasteiger partial charge >= 0.3 is 0 Å². The van der Waals surface area contributed by atoms with Gasteiger partial charge in [-0.05, 0) is 74.0 Å². The van der Waals surface area contributed by atoms with Gasteiger partial charge in [0.05, 0.1) is 6.26 Å². The Labute approximate surface area is 189 Å². The highest BCUT2D eigenvalue weighted by Gasteiger charge is 2.52. The fourth-order valence-electron chi connectivity index (χ4n) is 6.91. The fourth-order valence-corrected chi connectivity index (χ4v) is 7.32. The van der Waals surface area contributed by atoms with E-state index in [0.29, 0.717) is 0 Å². The van der Waals surface area contributed by atoms with E-state index in [1.165, 1.54) is 44.2 Å². The van der Waals surface area contributed by atoms with Crippen molar-refractivity contribution in [1.82, 2.24) is 9.88 Å². The molecule has 0 spiro atoms. The van der Waals surface area contributed by atoms with Crippen LogP contribution in [0.4, 0.5) is 0 Å². The third-order valence-electron chi connectivity index (χ3n) is 7.47. The molecule has 8 heteroatoms. The topological polar surface area (TPSA) is 107 Å². The minimum Gasteiger partial charge on any atom is -0.369 e. The van der Waals surface area contributed by atoms with Crippen molar-refractivity contribution in [2.75, 3.05) is 6.26 Å². The Bertz CT molecular complexity index is 1130. The normalized spacial score (nSPS) is 29.3. The summed E-state index contributed by atoms with van der Waals surface area (Å²) >= 11 is 0. The molecule has 1 amide bonds. The van der Waals surface area contributed by atoms with Crippen LogP contribution in [0, 0.1) is 17.8 Å². The van der Waals surface area contributed by atoms with Crippen LogP contribution in [-0.4, -0.2) is 31.1 Å². The van der Waals surface area contributed by atoms with E-state index in [2.05, 4.69) is 26.4 Å². The number of carbonyl (C=O) groups is 1. The number of hydrogen-bond acceptors (Lipinski definition) is 3. The van der Waals surface area contributed by atoms with Crippen molar-refractivity contribution in [3.63, 3.8) is 0 Å². The van der Waals surface area contributed by atoms with Gasteiger partial charge in [0, 0.05) is 16.8 Å². The molecule has 4 aliphatic rings. The average Bonchev–Trinajstić information content (AvgIpc) is 3.10. The molecule has 1 heterocycles. The summed E-state index contributed by atoms with van der Waals surface area (Å²) in [5.41, 5.74) is 9.04. The Balaban J connectivity index is 1.51. The largest absolute Gasteiger partial charge is 0.369 e. The number of benzene rings is 1. The fraction of sp³-hybridized carbons (Fsp3) is 0.500. The van der Waals surface area contributed by atoms with Gasteiger partial charge in [-0.3, -0.25) is 10.1 Å². The third-order valence-corrected chi connectivity index (χ3v) is 7.99. The average molecular weight is 455 g/mol. The number of guanidine groups is 1. The number of amides is 1. The number of nitrogens with one attached hydrogen (secondary N) is 1. The van der Waals surface area contributed by atoms with Gasteiger partial charge in [0.1, 0.15) is 6.54 Å². The van der Waals surface area contributed by atoms with E-state index >= 15 is 0 Å². The highest BCUT2D eigenvalue weighted by atomic mass is 32.2. The van der Waals surface area contributed by atoms with E-state index in [9.17, 15) is 13.2 Å². The van der Waals surface area contributed by atoms with Crippen molar-refractivity contribution in [3.8, 4) is 11.3 Å². The van der Waals surface area contributed by atoms with Gasteiger partial charge in [0.15, 0.2) is 0 Å². The highest BCUT2D eigenvalue weighted by Crippen LogP contribution is 2.61. The molecule has 1 aromatic carbocycles. The lowest BCUT2D eigenvalue weighted by atomic mass is 9.49. The molecule has 170 valence electrons. The SMILES string of the molecule is CS(=O)(=O)N=C(N)NC(=O)Cn1c(-c2ccccc2)ccc1C12CC3CC(CC(C3)C1)C2. The molecular weight excluding hydrogens is 424 g/mol. The van der Waals surface area contributed by atoms with E-state index in [1.807, 2.05) is 30.3 Å². The van der Waals surface area contributed by atoms with Crippen LogP contribution in [0.3, 0.4) is 0 Å². The van der Waals surface area contributed by atoms with Crippen molar-refractivity contribution in [1.29, 1.82) is 0 Å². The maximum atomic E-state index is 12.9. The van der Waals surface area contributed by atoms with Crippen LogP contribution in [0.15, 0.2) is 46.9 Å². The molecule has 0 saturated heterocycles. The first-order valence-corrected chi connectivity index (χ1v) is 13.2. The number of sulfonamides is 1. The van der Waals surface area contributed by atoms with Gasteiger partial charge in [-0.1, -0.05) is 30.3 Å². The molecule has 0 radical (unpaired) electrons. The first-order chi connectivity index (χ1) is 15.2. The lowest BCUT2D eigenvalue weighted by Gasteiger charge is -2.57. The van der Waals surface area contributed by atoms with Gasteiger partial charge in [0.25, 0.3) is 10.0 Å². The van der Waals surface area contributed by atoms with Crippen LogP contribution in [0.2, 0.25) is 0 Å². The molecule has 0 unspecified atom stereocenters. The predicted octanol–water partition coefficient (Wildman–Crippen LogP) is 3.01. The molecule has 4 fully saturated rings. The van der Waals surface area contributed by atoms with Crippen LogP contribution in [0.1, 0.15) is 44.2 Å². The lowest BCUT2D eigenvalue weighted by Crippen LogP contribution is -2.49. The zero-order valence-electron chi connectivity index (χ0n) is 18.3. The Morgan fingerprint density at radius 3 is 2.22 bits per heavy atom. The van der Waals surface area contributed by atoms with E-state index in [-0.39, 0.29) is 17.9 Å². The molecule has 3 N–H and O–H groups in total. The second-order valence-electron chi connectivity index (χ2n) is 10.0. The molecule has 2 aromatic rings. The highest BCUT2D eigenvalue weighted by molar-refractivity contribution is 7.89. The minimum atomic E-state index is -3.68. The first kappa shape index (κ1) is 21.2. The van der Waals surface area contributed by atoms with Gasteiger partial charge in [0.2, 0.25) is 11.9 Å². The second kappa shape index (κ2) is 7.76. The molecule has 4 saturated carbocycles. The summed E-state index contributed by atoms with van der Waals surface area (Å²) in [4.78, 5) is 12.9. The smallest absolute Gasteiger partial charge is 0.253 e. The minimum absolute atomic E-state index is 0.0638. The van der Waals surface area contributed by atoms with Gasteiger partial charge in [-0.2, -0.15) is 0 Å². The van der Waals surface area contributed by atoms with Crippen molar-refractivity contribution >= 4 is 21.9 Å². The summed E-state index contributed by atoms with van der Waals surface area (Å²) in [5.74, 6) is 1.58. The summed E-state index contributed by atoms with van der Waals surface area (Å²) in [6.45, 7) is 0.0638.